The number of fused-ring (bicyclic) bond motifs is 1. The van der Waals surface area contributed by atoms with Crippen LogP contribution in [0.25, 0.3) is 22.6 Å². The summed E-state index contributed by atoms with van der Waals surface area (Å²) in [6.45, 7) is -2.44. The van der Waals surface area contributed by atoms with Crippen molar-refractivity contribution in [3.63, 3.8) is 0 Å². The minimum absolute atomic E-state index is 0.0894. The van der Waals surface area contributed by atoms with E-state index in [-0.39, 0.29) is 22.6 Å². The molecule has 0 radical (unpaired) electrons. The van der Waals surface area contributed by atoms with E-state index in [0.29, 0.717) is 12.4 Å². The highest BCUT2D eigenvalue weighted by atomic mass is 19.1. The zero-order valence-corrected chi connectivity index (χ0v) is 18.0. The summed E-state index contributed by atoms with van der Waals surface area (Å²) in [4.78, 5) is 29.5. The molecule has 4 aromatic rings. The fourth-order valence-corrected chi connectivity index (χ4v) is 3.85. The van der Waals surface area contributed by atoms with Crippen molar-refractivity contribution in [2.24, 2.45) is 0 Å². The number of nitrogens with zero attached hydrogens (tertiary/aromatic N) is 5. The van der Waals surface area contributed by atoms with Crippen LogP contribution in [0.15, 0.2) is 55.1 Å². The van der Waals surface area contributed by atoms with Crippen molar-refractivity contribution in [2.45, 2.75) is 31.1 Å². The standard InChI is InChI=1S/C23H22FN7O4/c1-25-22(34)18-16(32)17(33)23(35-18)31-11-28-15-20(27-8-12-5-3-2-4-6-12)29-19(30-21(15)31)13-7-14(24)10-26-9-13/h2-7,9-11,16-18,23,32-33H,8H2,1H3,(H,25,34)(H,27,29,30)/t16-,17+,18-,23+/m0/s1/i1D3. The van der Waals surface area contributed by atoms with E-state index < -0.39 is 43.2 Å². The summed E-state index contributed by atoms with van der Waals surface area (Å²) in [6.07, 6.45) is -2.68. The van der Waals surface area contributed by atoms with Crippen molar-refractivity contribution in [3.8, 4) is 11.4 Å². The van der Waals surface area contributed by atoms with Crippen LogP contribution in [-0.4, -0.2) is 65.9 Å². The Bertz CT molecular complexity index is 1470. The molecule has 0 spiro atoms. The number of anilines is 1. The number of hydrogen-bond donors (Lipinski definition) is 4. The van der Waals surface area contributed by atoms with Gasteiger partial charge in [-0.15, -0.1) is 0 Å². The number of rotatable bonds is 6. The summed E-state index contributed by atoms with van der Waals surface area (Å²) < 4.78 is 42.4. The molecule has 11 nitrogen and oxygen atoms in total. The molecule has 180 valence electrons. The third-order valence-electron chi connectivity index (χ3n) is 5.58. The largest absolute Gasteiger partial charge is 0.387 e. The van der Waals surface area contributed by atoms with Crippen molar-refractivity contribution in [3.05, 3.63) is 66.5 Å². The first kappa shape index (κ1) is 19.3. The van der Waals surface area contributed by atoms with Gasteiger partial charge in [0, 0.05) is 29.4 Å². The number of carbonyl (C=O) groups excluding carboxylic acids is 1. The van der Waals surface area contributed by atoms with E-state index in [9.17, 15) is 19.4 Å². The third-order valence-corrected chi connectivity index (χ3v) is 5.58. The smallest absolute Gasteiger partial charge is 0.251 e. The summed E-state index contributed by atoms with van der Waals surface area (Å²) in [5, 5.41) is 26.1. The lowest BCUT2D eigenvalue weighted by Gasteiger charge is -2.17. The number of imidazole rings is 1. The maximum atomic E-state index is 13.9. The molecule has 0 aliphatic carbocycles. The van der Waals surface area contributed by atoms with Gasteiger partial charge < -0.3 is 25.6 Å². The van der Waals surface area contributed by atoms with E-state index >= 15 is 0 Å². The van der Waals surface area contributed by atoms with E-state index in [0.717, 1.165) is 11.8 Å². The van der Waals surface area contributed by atoms with Gasteiger partial charge in [-0.25, -0.2) is 19.3 Å². The monoisotopic (exact) mass is 482 g/mol. The van der Waals surface area contributed by atoms with E-state index in [1.165, 1.54) is 23.2 Å². The molecule has 4 atom stereocenters. The first-order valence-corrected chi connectivity index (χ1v) is 10.6. The van der Waals surface area contributed by atoms with Crippen LogP contribution >= 0.6 is 0 Å². The summed E-state index contributed by atoms with van der Waals surface area (Å²) in [6, 6.07) is 10.7. The van der Waals surface area contributed by atoms with Crippen LogP contribution in [0, 0.1) is 5.82 Å². The lowest BCUT2D eigenvalue weighted by Crippen LogP contribution is -2.41. The van der Waals surface area contributed by atoms with Crippen LogP contribution < -0.4 is 10.6 Å². The molecule has 12 heteroatoms. The number of carbonyl (C=O) groups is 1. The number of amides is 1. The average molecular weight is 482 g/mol. The summed E-state index contributed by atoms with van der Waals surface area (Å²) in [5.41, 5.74) is 1.64. The number of likely N-dealkylation sites (N-methyl/N-ethyl adjacent to an activating group) is 1. The maximum Gasteiger partial charge on any atom is 0.251 e. The van der Waals surface area contributed by atoms with Crippen LogP contribution in [0.3, 0.4) is 0 Å². The van der Waals surface area contributed by atoms with Crippen molar-refractivity contribution >= 4 is 22.9 Å². The van der Waals surface area contributed by atoms with Crippen LogP contribution in [0.2, 0.25) is 0 Å². The first-order chi connectivity index (χ1) is 18.1. The molecule has 0 saturated carbocycles. The van der Waals surface area contributed by atoms with Gasteiger partial charge in [-0.05, 0) is 11.6 Å². The van der Waals surface area contributed by atoms with Crippen LogP contribution in [0.4, 0.5) is 10.2 Å². The molecule has 1 aromatic carbocycles. The van der Waals surface area contributed by atoms with Gasteiger partial charge in [-0.1, -0.05) is 30.3 Å². The Balaban J connectivity index is 1.54. The Morgan fingerprint density at radius 1 is 1.23 bits per heavy atom. The van der Waals surface area contributed by atoms with E-state index in [4.69, 9.17) is 8.85 Å². The number of aromatic nitrogens is 5. The number of halogens is 1. The van der Waals surface area contributed by atoms with Gasteiger partial charge in [-0.2, -0.15) is 0 Å². The van der Waals surface area contributed by atoms with Gasteiger partial charge in [0.2, 0.25) is 0 Å². The SMILES string of the molecule is [2H]C([2H])([2H])NC(=O)[C@H]1O[C@@H](n2cnc3c(NCc4ccccc4)nc(-c4cncc(F)c4)nc32)[C@H](O)[C@@H]1O. The van der Waals surface area contributed by atoms with Gasteiger partial charge in [0.15, 0.2) is 35.1 Å². The number of hydrogen-bond acceptors (Lipinski definition) is 9. The molecule has 1 aliphatic heterocycles. The number of nitrogens with one attached hydrogen (secondary N) is 2. The van der Waals surface area contributed by atoms with Crippen molar-refractivity contribution in [1.82, 2.24) is 29.8 Å². The Labute approximate surface area is 202 Å². The van der Waals surface area contributed by atoms with Gasteiger partial charge in [0.05, 0.1) is 12.5 Å². The molecule has 0 bridgehead atoms. The Morgan fingerprint density at radius 2 is 2.06 bits per heavy atom. The van der Waals surface area contributed by atoms with Crippen LogP contribution in [0.5, 0.6) is 0 Å². The van der Waals surface area contributed by atoms with E-state index in [2.05, 4.69) is 25.3 Å². The second-order valence-corrected chi connectivity index (χ2v) is 7.87. The van der Waals surface area contributed by atoms with E-state index in [1.807, 2.05) is 30.3 Å². The molecular formula is C23H22FN7O4. The number of benzene rings is 1. The molecule has 35 heavy (non-hydrogen) atoms. The molecule has 1 fully saturated rings. The molecule has 4 N–H and O–H groups in total. The normalized spacial score (nSPS) is 23.5. The number of aliphatic hydroxyl groups excluding tert-OH is 2. The van der Waals surface area contributed by atoms with Crippen LogP contribution in [0.1, 0.15) is 15.9 Å². The molecule has 5 rings (SSSR count). The van der Waals surface area contributed by atoms with Crippen molar-refractivity contribution in [1.29, 1.82) is 0 Å². The quantitative estimate of drug-likeness (QED) is 0.316. The highest BCUT2D eigenvalue weighted by Crippen LogP contribution is 2.33. The predicted molar refractivity (Wildman–Crippen MR) is 122 cm³/mol. The summed E-state index contributed by atoms with van der Waals surface area (Å²) in [5.74, 6) is -1.33. The zero-order valence-electron chi connectivity index (χ0n) is 21.0. The summed E-state index contributed by atoms with van der Waals surface area (Å²) in [7, 11) is 0. The molecule has 1 amide bonds. The first-order valence-electron chi connectivity index (χ1n) is 12.1. The predicted octanol–water partition coefficient (Wildman–Crippen LogP) is 1.00. The Morgan fingerprint density at radius 3 is 2.83 bits per heavy atom. The number of ether oxygens (including phenoxy) is 1. The second kappa shape index (κ2) is 9.33. The minimum Gasteiger partial charge on any atom is -0.387 e. The molecule has 4 heterocycles. The highest BCUT2D eigenvalue weighted by Gasteiger charge is 2.47. The minimum atomic E-state index is -2.81. The maximum absolute atomic E-state index is 13.9. The van der Waals surface area contributed by atoms with Gasteiger partial charge >= 0.3 is 0 Å². The summed E-state index contributed by atoms with van der Waals surface area (Å²) >= 11 is 0. The molecule has 0 unspecified atom stereocenters. The third kappa shape index (κ3) is 4.30. The van der Waals surface area contributed by atoms with E-state index in [1.54, 1.807) is 5.32 Å². The molecule has 1 saturated heterocycles. The van der Waals surface area contributed by atoms with Gasteiger partial charge in [0.1, 0.15) is 18.0 Å². The lowest BCUT2D eigenvalue weighted by molar-refractivity contribution is -0.137. The molecule has 3 aromatic heterocycles. The highest BCUT2D eigenvalue weighted by molar-refractivity contribution is 5.85. The van der Waals surface area contributed by atoms with Crippen molar-refractivity contribution < 1.29 is 28.2 Å². The van der Waals surface area contributed by atoms with Crippen molar-refractivity contribution in [2.75, 3.05) is 12.3 Å². The molecule has 1 aliphatic rings. The number of aliphatic hydroxyl groups is 2. The average Bonchev–Trinajstić information content (AvgIpc) is 3.43. The fourth-order valence-electron chi connectivity index (χ4n) is 3.85. The van der Waals surface area contributed by atoms with Gasteiger partial charge in [-0.3, -0.25) is 14.3 Å². The Hall–Kier alpha value is -4.00. The topological polar surface area (TPSA) is 147 Å². The number of pyridine rings is 1. The molecular weight excluding hydrogens is 457 g/mol. The van der Waals surface area contributed by atoms with Crippen LogP contribution in [-0.2, 0) is 16.1 Å². The zero-order chi connectivity index (χ0) is 27.0. The van der Waals surface area contributed by atoms with Gasteiger partial charge in [0.25, 0.3) is 5.91 Å². The second-order valence-electron chi connectivity index (χ2n) is 7.87. The fraction of sp³-hybridized carbons (Fsp3) is 0.261. The lowest BCUT2D eigenvalue weighted by atomic mass is 10.1. The Kier molecular flexibility index (Phi) is 5.15.